The third kappa shape index (κ3) is 5.11. The molecule has 3 rings (SSSR count). The number of hydrogen-bond donors (Lipinski definition) is 4. The molecule has 6 N–H and O–H groups in total. The fraction of sp³-hybridized carbons (Fsp3) is 0.150. The predicted octanol–water partition coefficient (Wildman–Crippen LogP) is 4.64. The average Bonchev–Trinajstić information content (AvgIpc) is 3.12. The zero-order chi connectivity index (χ0) is 25.2. The second-order valence-electron chi connectivity index (χ2n) is 6.94. The Balaban J connectivity index is 2.01. The van der Waals surface area contributed by atoms with Crippen molar-refractivity contribution in [1.29, 1.82) is 5.41 Å². The predicted molar refractivity (Wildman–Crippen MR) is 120 cm³/mol. The molecular weight excluding hydrogens is 527 g/mol. The molecule has 178 valence electrons. The molecule has 34 heavy (non-hydrogen) atoms. The topological polar surface area (TPSA) is 142 Å². The SMILES string of the molecule is CC(C(C=Nc1ccc(F)cc1F)=NN)c1[nH]c(C(=N)N)c(-c2cnc(C(F)(F)F)nc2)c1Br. The molecule has 0 spiro atoms. The molecule has 1 aromatic carbocycles. The number of benzene rings is 1. The zero-order valence-corrected chi connectivity index (χ0v) is 18.8. The van der Waals surface area contributed by atoms with Crippen LogP contribution in [0.25, 0.3) is 11.1 Å². The van der Waals surface area contributed by atoms with Crippen LogP contribution in [0.5, 0.6) is 0 Å². The first kappa shape index (κ1) is 25.0. The highest BCUT2D eigenvalue weighted by Crippen LogP contribution is 2.38. The van der Waals surface area contributed by atoms with Crippen molar-refractivity contribution in [3.63, 3.8) is 0 Å². The number of aromatic nitrogens is 3. The van der Waals surface area contributed by atoms with Gasteiger partial charge < -0.3 is 16.6 Å². The van der Waals surface area contributed by atoms with Crippen molar-refractivity contribution in [1.82, 2.24) is 15.0 Å². The summed E-state index contributed by atoms with van der Waals surface area (Å²) in [6, 6.07) is 2.85. The molecule has 1 unspecified atom stereocenters. The summed E-state index contributed by atoms with van der Waals surface area (Å²) < 4.78 is 65.7. The number of H-pyrrole nitrogens is 1. The summed E-state index contributed by atoms with van der Waals surface area (Å²) in [7, 11) is 0. The van der Waals surface area contributed by atoms with Crippen LogP contribution in [-0.2, 0) is 6.18 Å². The maximum absolute atomic E-state index is 13.9. The lowest BCUT2D eigenvalue weighted by Gasteiger charge is -2.10. The lowest BCUT2D eigenvalue weighted by atomic mass is 10.0. The van der Waals surface area contributed by atoms with Crippen molar-refractivity contribution in [2.45, 2.75) is 19.0 Å². The van der Waals surface area contributed by atoms with Gasteiger partial charge in [0.05, 0.1) is 23.3 Å². The van der Waals surface area contributed by atoms with E-state index >= 15 is 0 Å². The zero-order valence-electron chi connectivity index (χ0n) is 17.3. The van der Waals surface area contributed by atoms with Crippen LogP contribution in [0.15, 0.2) is 45.2 Å². The average molecular weight is 543 g/mol. The Morgan fingerprint density at radius 2 is 1.88 bits per heavy atom. The largest absolute Gasteiger partial charge is 0.451 e. The molecule has 0 amide bonds. The third-order valence-electron chi connectivity index (χ3n) is 4.70. The van der Waals surface area contributed by atoms with Gasteiger partial charge in [0.25, 0.3) is 0 Å². The van der Waals surface area contributed by atoms with Crippen LogP contribution in [0, 0.1) is 17.0 Å². The van der Waals surface area contributed by atoms with E-state index in [4.69, 9.17) is 17.0 Å². The Kier molecular flexibility index (Phi) is 7.09. The van der Waals surface area contributed by atoms with Crippen molar-refractivity contribution in [3.05, 3.63) is 63.9 Å². The second-order valence-corrected chi connectivity index (χ2v) is 7.73. The van der Waals surface area contributed by atoms with Crippen LogP contribution in [0.4, 0.5) is 27.6 Å². The van der Waals surface area contributed by atoms with Crippen molar-refractivity contribution in [2.75, 3.05) is 0 Å². The van der Waals surface area contributed by atoms with E-state index in [1.54, 1.807) is 6.92 Å². The van der Waals surface area contributed by atoms with Gasteiger partial charge in [0, 0.05) is 45.7 Å². The van der Waals surface area contributed by atoms with Gasteiger partial charge in [-0.15, -0.1) is 0 Å². The normalized spacial score (nSPS) is 13.4. The van der Waals surface area contributed by atoms with E-state index in [0.717, 1.165) is 24.5 Å². The third-order valence-corrected chi connectivity index (χ3v) is 5.52. The monoisotopic (exact) mass is 542 g/mol. The molecule has 0 bridgehead atoms. The van der Waals surface area contributed by atoms with Gasteiger partial charge in [0.2, 0.25) is 5.82 Å². The van der Waals surface area contributed by atoms with Gasteiger partial charge in [-0.2, -0.15) is 18.3 Å². The van der Waals surface area contributed by atoms with Crippen LogP contribution in [0.1, 0.15) is 30.1 Å². The number of alkyl halides is 3. The van der Waals surface area contributed by atoms with E-state index in [-0.39, 0.29) is 28.2 Å². The van der Waals surface area contributed by atoms with Crippen LogP contribution >= 0.6 is 15.9 Å². The number of nitrogen functional groups attached to an aromatic ring is 1. The lowest BCUT2D eigenvalue weighted by molar-refractivity contribution is -0.144. The molecular formula is C20H16BrF5N8. The standard InChI is InChI=1S/C20H16BrF5N8/c1-8(13(34-29)7-30-12-3-2-10(22)4-11(12)23)16-15(21)14(17(33-16)18(27)28)9-5-31-19(32-6-9)20(24,25)26/h2-8,33H,29H2,1H3,(H3,27,28). The smallest absolute Gasteiger partial charge is 0.382 e. The summed E-state index contributed by atoms with van der Waals surface area (Å²) in [6.07, 6.45) is -1.61. The number of hydrogen-bond acceptors (Lipinski definition) is 6. The van der Waals surface area contributed by atoms with E-state index in [0.29, 0.717) is 16.2 Å². The van der Waals surface area contributed by atoms with E-state index in [2.05, 4.69) is 41.0 Å². The Hall–Kier alpha value is -3.68. The summed E-state index contributed by atoms with van der Waals surface area (Å²) in [5.41, 5.74) is 6.58. The molecule has 0 fully saturated rings. The maximum Gasteiger partial charge on any atom is 0.451 e. The Morgan fingerprint density at radius 1 is 1.24 bits per heavy atom. The van der Waals surface area contributed by atoms with Gasteiger partial charge in [-0.1, -0.05) is 6.92 Å². The van der Waals surface area contributed by atoms with Crippen LogP contribution < -0.4 is 11.6 Å². The minimum atomic E-state index is -4.72. The highest BCUT2D eigenvalue weighted by atomic mass is 79.9. The summed E-state index contributed by atoms with van der Waals surface area (Å²) in [6.45, 7) is 1.66. The summed E-state index contributed by atoms with van der Waals surface area (Å²) >= 11 is 3.38. The summed E-state index contributed by atoms with van der Waals surface area (Å²) in [4.78, 5) is 13.6. The van der Waals surface area contributed by atoms with Gasteiger partial charge in [0.15, 0.2) is 5.82 Å². The number of aliphatic imine (C=N–C) groups is 1. The molecule has 1 atom stereocenters. The molecule has 3 aromatic rings. The Bertz CT molecular complexity index is 1280. The minimum Gasteiger partial charge on any atom is -0.382 e. The minimum absolute atomic E-state index is 0.0926. The van der Waals surface area contributed by atoms with Crippen LogP contribution in [-0.4, -0.2) is 32.7 Å². The van der Waals surface area contributed by atoms with Crippen molar-refractivity contribution in [3.8, 4) is 11.1 Å². The van der Waals surface area contributed by atoms with Crippen molar-refractivity contribution in [2.24, 2.45) is 21.7 Å². The van der Waals surface area contributed by atoms with Crippen molar-refractivity contribution >= 4 is 39.4 Å². The molecule has 8 nitrogen and oxygen atoms in total. The Morgan fingerprint density at radius 3 is 2.41 bits per heavy atom. The first-order chi connectivity index (χ1) is 15.9. The molecule has 0 aliphatic carbocycles. The highest BCUT2D eigenvalue weighted by Gasteiger charge is 2.34. The number of nitrogens with one attached hydrogen (secondary N) is 2. The van der Waals surface area contributed by atoms with Crippen LogP contribution in [0.2, 0.25) is 0 Å². The molecule has 0 aliphatic heterocycles. The van der Waals surface area contributed by atoms with Gasteiger partial charge in [-0.25, -0.2) is 18.7 Å². The highest BCUT2D eigenvalue weighted by molar-refractivity contribution is 9.10. The van der Waals surface area contributed by atoms with Gasteiger partial charge in [-0.3, -0.25) is 10.4 Å². The lowest BCUT2D eigenvalue weighted by Crippen LogP contribution is -2.16. The molecule has 14 heteroatoms. The van der Waals surface area contributed by atoms with E-state index in [1.165, 1.54) is 6.21 Å². The molecule has 0 saturated heterocycles. The number of rotatable bonds is 6. The fourth-order valence-corrected chi connectivity index (χ4v) is 3.87. The van der Waals surface area contributed by atoms with Crippen LogP contribution in [0.3, 0.4) is 0 Å². The molecule has 0 aliphatic rings. The van der Waals surface area contributed by atoms with E-state index in [1.807, 2.05) is 0 Å². The number of nitrogens with zero attached hydrogens (tertiary/aromatic N) is 4. The summed E-state index contributed by atoms with van der Waals surface area (Å²) in [5, 5.41) is 11.5. The molecule has 2 aromatic heterocycles. The number of amidine groups is 1. The van der Waals surface area contributed by atoms with E-state index < -0.39 is 35.4 Å². The fourth-order valence-electron chi connectivity index (χ4n) is 3.00. The van der Waals surface area contributed by atoms with E-state index in [9.17, 15) is 22.0 Å². The first-order valence-electron chi connectivity index (χ1n) is 9.36. The quantitative estimate of drug-likeness (QED) is 0.118. The van der Waals surface area contributed by atoms with Gasteiger partial charge in [0.1, 0.15) is 11.7 Å². The second kappa shape index (κ2) is 9.67. The van der Waals surface area contributed by atoms with Crippen molar-refractivity contribution < 1.29 is 22.0 Å². The number of hydrazone groups is 1. The number of halogens is 6. The summed E-state index contributed by atoms with van der Waals surface area (Å²) in [5.74, 6) is 1.49. The molecule has 2 heterocycles. The molecule has 0 radical (unpaired) electrons. The number of aromatic amines is 1. The Labute approximate surface area is 197 Å². The first-order valence-corrected chi connectivity index (χ1v) is 10.2. The number of nitrogens with two attached hydrogens (primary N) is 2. The van der Waals surface area contributed by atoms with Gasteiger partial charge >= 0.3 is 6.18 Å². The molecule has 0 saturated carbocycles. The van der Waals surface area contributed by atoms with Gasteiger partial charge in [-0.05, 0) is 28.1 Å². The maximum atomic E-state index is 13.9.